The summed E-state index contributed by atoms with van der Waals surface area (Å²) in [5, 5.41) is 0.0621. The van der Waals surface area contributed by atoms with Crippen molar-refractivity contribution in [3.8, 4) is 5.75 Å². The summed E-state index contributed by atoms with van der Waals surface area (Å²) in [6.07, 6.45) is 2.31. The van der Waals surface area contributed by atoms with E-state index in [0.29, 0.717) is 12.4 Å². The van der Waals surface area contributed by atoms with Gasteiger partial charge in [-0.25, -0.2) is 0 Å². The Labute approximate surface area is 164 Å². The smallest absolute Gasteiger partial charge is 0.193 e. The number of hydrogen-bond donors (Lipinski definition) is 0. The second-order valence-corrected chi connectivity index (χ2v) is 13.2. The van der Waals surface area contributed by atoms with Crippen molar-refractivity contribution in [1.82, 2.24) is 4.98 Å². The first-order valence-electron chi connectivity index (χ1n) is 9.40. The summed E-state index contributed by atoms with van der Waals surface area (Å²) in [4.78, 5) is 16.0. The fraction of sp³-hybridized carbons (Fsp3) is 0.455. The Kier molecular flexibility index (Phi) is 6.95. The van der Waals surface area contributed by atoms with Gasteiger partial charge in [0.2, 0.25) is 0 Å². The van der Waals surface area contributed by atoms with Crippen molar-refractivity contribution in [2.45, 2.75) is 58.5 Å². The van der Waals surface area contributed by atoms with Crippen LogP contribution in [0, 0.1) is 5.92 Å². The number of ether oxygens (including phenoxy) is 1. The number of hydrogen-bond acceptors (Lipinski definition) is 4. The predicted molar refractivity (Wildman–Crippen MR) is 111 cm³/mol. The van der Waals surface area contributed by atoms with Crippen molar-refractivity contribution in [3.63, 3.8) is 0 Å². The van der Waals surface area contributed by atoms with Gasteiger partial charge in [-0.05, 0) is 35.8 Å². The standard InChI is InChI=1S/C22H31NO3Si/c1-17(15-24)21(26-27(5,6)22(2,3)4)20-13-12-19(14-23-20)25-16-18-10-8-7-9-11-18/h7-15,17,21H,16H2,1-6H3/t17-,21-/m0/s1. The highest BCUT2D eigenvalue weighted by molar-refractivity contribution is 6.74. The first kappa shape index (κ1) is 21.3. The van der Waals surface area contributed by atoms with Gasteiger partial charge in [0.1, 0.15) is 18.6 Å². The molecule has 0 N–H and O–H groups in total. The number of nitrogens with zero attached hydrogens (tertiary/aromatic N) is 1. The Hall–Kier alpha value is -1.98. The van der Waals surface area contributed by atoms with E-state index in [9.17, 15) is 4.79 Å². The molecule has 0 bridgehead atoms. The first-order chi connectivity index (χ1) is 12.6. The second-order valence-electron chi connectivity index (χ2n) is 8.49. The number of rotatable bonds is 8. The van der Waals surface area contributed by atoms with Crippen LogP contribution in [0.2, 0.25) is 18.1 Å². The summed E-state index contributed by atoms with van der Waals surface area (Å²) in [5.41, 5.74) is 1.88. The minimum Gasteiger partial charge on any atom is -0.487 e. The van der Waals surface area contributed by atoms with Gasteiger partial charge >= 0.3 is 0 Å². The lowest BCUT2D eigenvalue weighted by Crippen LogP contribution is -2.43. The molecule has 0 aliphatic heterocycles. The molecule has 0 saturated heterocycles. The van der Waals surface area contributed by atoms with Gasteiger partial charge in [-0.1, -0.05) is 58.0 Å². The molecule has 0 fully saturated rings. The Morgan fingerprint density at radius 3 is 2.30 bits per heavy atom. The molecule has 0 aliphatic rings. The van der Waals surface area contributed by atoms with Crippen LogP contribution in [0.15, 0.2) is 48.7 Å². The largest absolute Gasteiger partial charge is 0.487 e. The van der Waals surface area contributed by atoms with Crippen LogP contribution in [0.4, 0.5) is 0 Å². The molecule has 2 aromatic rings. The van der Waals surface area contributed by atoms with Crippen molar-refractivity contribution >= 4 is 14.6 Å². The summed E-state index contributed by atoms with van der Waals surface area (Å²) in [6, 6.07) is 13.8. The van der Waals surface area contributed by atoms with Gasteiger partial charge in [0.25, 0.3) is 0 Å². The molecule has 0 radical (unpaired) electrons. The number of benzene rings is 1. The predicted octanol–water partition coefficient (Wildman–Crippen LogP) is 5.56. The third kappa shape index (κ3) is 5.74. The van der Waals surface area contributed by atoms with Crippen LogP contribution in [0.1, 0.15) is 45.1 Å². The molecule has 0 saturated carbocycles. The maximum absolute atomic E-state index is 11.5. The average molecular weight is 386 g/mol. The summed E-state index contributed by atoms with van der Waals surface area (Å²) < 4.78 is 12.3. The molecule has 1 aromatic carbocycles. The van der Waals surface area contributed by atoms with Crippen molar-refractivity contribution < 1.29 is 14.0 Å². The molecule has 0 amide bonds. The molecule has 146 valence electrons. The van der Waals surface area contributed by atoms with Gasteiger partial charge in [-0.15, -0.1) is 0 Å². The molecule has 2 atom stereocenters. The van der Waals surface area contributed by atoms with Crippen molar-refractivity contribution in [2.75, 3.05) is 0 Å². The summed E-state index contributed by atoms with van der Waals surface area (Å²) in [6.45, 7) is 13.3. The zero-order valence-corrected chi connectivity index (χ0v) is 18.2. The number of carbonyl (C=O) groups excluding carboxylic acids is 1. The molecule has 2 rings (SSSR count). The van der Waals surface area contributed by atoms with Crippen LogP contribution < -0.4 is 4.74 Å². The third-order valence-electron chi connectivity index (χ3n) is 5.22. The third-order valence-corrected chi connectivity index (χ3v) is 9.67. The molecular weight excluding hydrogens is 354 g/mol. The van der Waals surface area contributed by atoms with E-state index in [1.807, 2.05) is 49.4 Å². The number of aromatic nitrogens is 1. The Balaban J connectivity index is 2.13. The maximum Gasteiger partial charge on any atom is 0.193 e. The molecule has 0 unspecified atom stereocenters. The van der Waals surface area contributed by atoms with Crippen LogP contribution in [0.3, 0.4) is 0 Å². The van der Waals surface area contributed by atoms with Crippen molar-refractivity contribution in [1.29, 1.82) is 0 Å². The summed E-state index contributed by atoms with van der Waals surface area (Å²) >= 11 is 0. The molecule has 5 heteroatoms. The zero-order chi connectivity index (χ0) is 20.1. The highest BCUT2D eigenvalue weighted by Gasteiger charge is 2.40. The van der Waals surface area contributed by atoms with Crippen LogP contribution in [0.5, 0.6) is 5.75 Å². The zero-order valence-electron chi connectivity index (χ0n) is 17.2. The molecule has 0 spiro atoms. The SMILES string of the molecule is C[C@@H](C=O)[C@H](O[Si](C)(C)C(C)(C)C)c1ccc(OCc2ccccc2)cn1. The van der Waals surface area contributed by atoms with E-state index in [-0.39, 0.29) is 17.1 Å². The van der Waals surface area contributed by atoms with Crippen molar-refractivity contribution in [3.05, 3.63) is 59.9 Å². The second kappa shape index (κ2) is 8.80. The van der Waals surface area contributed by atoms with Gasteiger partial charge in [0.15, 0.2) is 8.32 Å². The Morgan fingerprint density at radius 1 is 1.11 bits per heavy atom. The lowest BCUT2D eigenvalue weighted by atomic mass is 10.0. The number of pyridine rings is 1. The molecular formula is C22H31NO3Si. The maximum atomic E-state index is 11.5. The van der Waals surface area contributed by atoms with Gasteiger partial charge < -0.3 is 14.0 Å². The van der Waals surface area contributed by atoms with E-state index in [2.05, 4.69) is 38.8 Å². The molecule has 27 heavy (non-hydrogen) atoms. The number of carbonyl (C=O) groups is 1. The van der Waals surface area contributed by atoms with E-state index >= 15 is 0 Å². The first-order valence-corrected chi connectivity index (χ1v) is 12.3. The monoisotopic (exact) mass is 385 g/mol. The topological polar surface area (TPSA) is 48.4 Å². The Bertz CT molecular complexity index is 723. The highest BCUT2D eigenvalue weighted by Crippen LogP contribution is 2.41. The Morgan fingerprint density at radius 2 is 1.78 bits per heavy atom. The fourth-order valence-electron chi connectivity index (χ4n) is 2.39. The lowest BCUT2D eigenvalue weighted by Gasteiger charge is -2.40. The van der Waals surface area contributed by atoms with Crippen LogP contribution in [-0.4, -0.2) is 19.6 Å². The lowest BCUT2D eigenvalue weighted by molar-refractivity contribution is -0.113. The van der Waals surface area contributed by atoms with Crippen LogP contribution in [0.25, 0.3) is 0 Å². The minimum absolute atomic E-state index is 0.0621. The van der Waals surface area contributed by atoms with Gasteiger partial charge in [0.05, 0.1) is 18.0 Å². The molecule has 1 heterocycles. The van der Waals surface area contributed by atoms with Crippen molar-refractivity contribution in [2.24, 2.45) is 5.92 Å². The fourth-order valence-corrected chi connectivity index (χ4v) is 3.71. The van der Waals surface area contributed by atoms with Crippen LogP contribution >= 0.6 is 0 Å². The molecule has 0 aliphatic carbocycles. The quantitative estimate of drug-likeness (QED) is 0.441. The average Bonchev–Trinajstić information content (AvgIpc) is 2.64. The van der Waals surface area contributed by atoms with E-state index in [4.69, 9.17) is 9.16 Å². The van der Waals surface area contributed by atoms with Gasteiger partial charge in [-0.3, -0.25) is 4.98 Å². The van der Waals surface area contributed by atoms with E-state index in [1.165, 1.54) is 0 Å². The van der Waals surface area contributed by atoms with E-state index < -0.39 is 8.32 Å². The van der Waals surface area contributed by atoms with E-state index in [1.54, 1.807) is 6.20 Å². The van der Waals surface area contributed by atoms with Gasteiger partial charge in [0, 0.05) is 5.92 Å². The number of aldehydes is 1. The minimum atomic E-state index is -2.03. The summed E-state index contributed by atoms with van der Waals surface area (Å²) in [7, 11) is -2.03. The molecule has 4 nitrogen and oxygen atoms in total. The summed E-state index contributed by atoms with van der Waals surface area (Å²) in [5.74, 6) is 0.440. The van der Waals surface area contributed by atoms with E-state index in [0.717, 1.165) is 17.5 Å². The normalized spacial score (nSPS) is 14.4. The highest BCUT2D eigenvalue weighted by atomic mass is 28.4. The van der Waals surface area contributed by atoms with Crippen LogP contribution in [-0.2, 0) is 15.8 Å². The molecule has 1 aromatic heterocycles. The van der Waals surface area contributed by atoms with Gasteiger partial charge in [-0.2, -0.15) is 0 Å².